The lowest BCUT2D eigenvalue weighted by Crippen LogP contribution is -2.28. The number of carbonyl (C=O) groups is 1. The number of aromatic amines is 1. The zero-order valence-corrected chi connectivity index (χ0v) is 17.4. The maximum absolute atomic E-state index is 13.4. The van der Waals surface area contributed by atoms with Gasteiger partial charge in [0.25, 0.3) is 0 Å². The first-order valence-electron chi connectivity index (χ1n) is 10.0. The van der Waals surface area contributed by atoms with Crippen molar-refractivity contribution in [2.24, 2.45) is 5.92 Å². The lowest BCUT2D eigenvalue weighted by molar-refractivity contribution is -0.119. The Kier molecular flexibility index (Phi) is 5.61. The molecule has 0 radical (unpaired) electrons. The van der Waals surface area contributed by atoms with Crippen molar-refractivity contribution in [3.63, 3.8) is 0 Å². The summed E-state index contributed by atoms with van der Waals surface area (Å²) in [5.41, 5.74) is 2.99. The van der Waals surface area contributed by atoms with Gasteiger partial charge in [0.15, 0.2) is 5.78 Å². The summed E-state index contributed by atoms with van der Waals surface area (Å²) >= 11 is 0. The second-order valence-corrected chi connectivity index (χ2v) is 7.32. The first kappa shape index (κ1) is 19.8. The average Bonchev–Trinajstić information content (AvgIpc) is 3.15. The van der Waals surface area contributed by atoms with Crippen molar-refractivity contribution >= 4 is 28.1 Å². The summed E-state index contributed by atoms with van der Waals surface area (Å²) in [6, 6.07) is 13.3. The van der Waals surface area contributed by atoms with Crippen molar-refractivity contribution in [1.29, 1.82) is 0 Å². The molecule has 0 amide bonds. The summed E-state index contributed by atoms with van der Waals surface area (Å²) in [5, 5.41) is 6.49. The fourth-order valence-corrected chi connectivity index (χ4v) is 3.58. The summed E-state index contributed by atoms with van der Waals surface area (Å²) in [6.45, 7) is 0. The van der Waals surface area contributed by atoms with Crippen LogP contribution in [0.25, 0.3) is 16.6 Å². The second-order valence-electron chi connectivity index (χ2n) is 7.32. The highest BCUT2D eigenvalue weighted by atomic mass is 16.5. The highest BCUT2D eigenvalue weighted by Crippen LogP contribution is 2.34. The van der Waals surface area contributed by atoms with Gasteiger partial charge in [-0.1, -0.05) is 18.6 Å². The normalized spacial score (nSPS) is 14.6. The summed E-state index contributed by atoms with van der Waals surface area (Å²) < 4.78 is 10.7. The van der Waals surface area contributed by atoms with E-state index >= 15 is 0 Å². The minimum Gasteiger partial charge on any atom is -0.497 e. The fraction of sp³-hybridized carbons (Fsp3) is 0.304. The van der Waals surface area contributed by atoms with Crippen LogP contribution in [-0.2, 0) is 4.79 Å². The SMILES string of the molecule is CN/C(Nc1cc(OC)cc(OC)c1)=C(/C(=O)C1CCC1)c1nc2ccccc2[nH]1. The summed E-state index contributed by atoms with van der Waals surface area (Å²) in [7, 11) is 5.00. The van der Waals surface area contributed by atoms with E-state index in [1.165, 1.54) is 0 Å². The lowest BCUT2D eigenvalue weighted by Gasteiger charge is -2.26. The Morgan fingerprint density at radius 1 is 1.10 bits per heavy atom. The van der Waals surface area contributed by atoms with Gasteiger partial charge < -0.3 is 25.1 Å². The van der Waals surface area contributed by atoms with Crippen LogP contribution in [-0.4, -0.2) is 37.0 Å². The maximum atomic E-state index is 13.4. The van der Waals surface area contributed by atoms with Crippen LogP contribution in [0.2, 0.25) is 0 Å². The minimum absolute atomic E-state index is 0.0261. The molecule has 1 heterocycles. The number of allylic oxidation sites excluding steroid dienone is 1. The quantitative estimate of drug-likeness (QED) is 0.491. The van der Waals surface area contributed by atoms with Crippen molar-refractivity contribution < 1.29 is 14.3 Å². The number of aromatic nitrogens is 2. The number of anilines is 1. The van der Waals surface area contributed by atoms with Crippen molar-refractivity contribution in [1.82, 2.24) is 15.3 Å². The van der Waals surface area contributed by atoms with Gasteiger partial charge >= 0.3 is 0 Å². The number of H-pyrrole nitrogens is 1. The molecule has 7 nitrogen and oxygen atoms in total. The molecule has 1 aliphatic rings. The Bertz CT molecular complexity index is 1040. The van der Waals surface area contributed by atoms with Crippen LogP contribution >= 0.6 is 0 Å². The standard InChI is InChI=1S/C23H26N4O3/c1-24-22(25-15-11-16(29-2)13-17(12-15)30-3)20(21(28)14-7-6-8-14)23-26-18-9-4-5-10-19(18)27-23/h4-5,9-14,24-25H,6-8H2,1-3H3,(H,26,27)/b22-20+. The van der Waals surface area contributed by atoms with E-state index in [4.69, 9.17) is 9.47 Å². The number of hydrogen-bond acceptors (Lipinski definition) is 6. The number of Topliss-reactive ketones (excluding diaryl/α,β-unsaturated/α-hetero) is 1. The maximum Gasteiger partial charge on any atom is 0.173 e. The van der Waals surface area contributed by atoms with Crippen molar-refractivity contribution in [3.05, 3.63) is 54.1 Å². The number of fused-ring (bicyclic) bond motifs is 1. The number of nitrogens with zero attached hydrogens (tertiary/aromatic N) is 1. The number of methoxy groups -OCH3 is 2. The molecule has 1 saturated carbocycles. The van der Waals surface area contributed by atoms with Crippen molar-refractivity contribution in [2.75, 3.05) is 26.6 Å². The van der Waals surface area contributed by atoms with Crippen LogP contribution in [0.4, 0.5) is 5.69 Å². The average molecular weight is 406 g/mol. The van der Waals surface area contributed by atoms with E-state index < -0.39 is 0 Å². The number of nitrogens with one attached hydrogen (secondary N) is 3. The van der Waals surface area contributed by atoms with E-state index in [1.807, 2.05) is 36.4 Å². The van der Waals surface area contributed by atoms with Crippen LogP contribution < -0.4 is 20.1 Å². The van der Waals surface area contributed by atoms with Crippen molar-refractivity contribution in [3.8, 4) is 11.5 Å². The Labute approximate surface area is 175 Å². The van der Waals surface area contributed by atoms with Crippen LogP contribution in [0.3, 0.4) is 0 Å². The smallest absolute Gasteiger partial charge is 0.173 e. The molecule has 0 aliphatic heterocycles. The summed E-state index contributed by atoms with van der Waals surface area (Å²) in [6.07, 6.45) is 2.90. The Morgan fingerprint density at radius 3 is 2.37 bits per heavy atom. The van der Waals surface area contributed by atoms with E-state index in [0.717, 1.165) is 36.0 Å². The number of hydrogen-bond donors (Lipinski definition) is 3. The molecular formula is C23H26N4O3. The third-order valence-corrected chi connectivity index (χ3v) is 5.47. The van der Waals surface area contributed by atoms with Crippen molar-refractivity contribution in [2.45, 2.75) is 19.3 Å². The monoisotopic (exact) mass is 406 g/mol. The van der Waals surface area contributed by atoms with Gasteiger partial charge in [-0.2, -0.15) is 0 Å². The van der Waals surface area contributed by atoms with E-state index in [2.05, 4.69) is 20.6 Å². The first-order valence-corrected chi connectivity index (χ1v) is 10.0. The summed E-state index contributed by atoms with van der Waals surface area (Å²) in [4.78, 5) is 21.4. The number of para-hydroxylation sites is 2. The number of benzene rings is 2. The molecule has 0 atom stereocenters. The molecule has 3 N–H and O–H groups in total. The highest BCUT2D eigenvalue weighted by Gasteiger charge is 2.32. The first-order chi connectivity index (χ1) is 14.6. The number of carbonyl (C=O) groups excluding carboxylic acids is 1. The molecule has 1 aliphatic carbocycles. The van der Waals surface area contributed by atoms with Crippen LogP contribution in [0.15, 0.2) is 48.3 Å². The predicted octanol–water partition coefficient (Wildman–Crippen LogP) is 3.95. The van der Waals surface area contributed by atoms with Gasteiger partial charge in [-0.25, -0.2) is 4.98 Å². The second kappa shape index (κ2) is 8.49. The van der Waals surface area contributed by atoms with Gasteiger partial charge in [-0.15, -0.1) is 0 Å². The topological polar surface area (TPSA) is 88.3 Å². The third-order valence-electron chi connectivity index (χ3n) is 5.47. The van der Waals surface area contributed by atoms with Gasteiger partial charge in [0.05, 0.1) is 25.3 Å². The van der Waals surface area contributed by atoms with Crippen LogP contribution in [0.5, 0.6) is 11.5 Å². The van der Waals surface area contributed by atoms with Gasteiger partial charge in [-0.05, 0) is 25.0 Å². The minimum atomic E-state index is 0.0261. The number of imidazole rings is 1. The Morgan fingerprint density at radius 2 is 1.80 bits per heavy atom. The van der Waals surface area contributed by atoms with E-state index in [0.29, 0.717) is 28.7 Å². The van der Waals surface area contributed by atoms with Crippen LogP contribution in [0.1, 0.15) is 25.1 Å². The Hall–Kier alpha value is -3.48. The van der Waals surface area contributed by atoms with Gasteiger partial charge in [0.2, 0.25) is 0 Å². The largest absolute Gasteiger partial charge is 0.497 e. The molecule has 1 aromatic heterocycles. The molecule has 7 heteroatoms. The van der Waals surface area contributed by atoms with Gasteiger partial charge in [-0.3, -0.25) is 4.79 Å². The summed E-state index contributed by atoms with van der Waals surface area (Å²) in [5.74, 6) is 2.57. The predicted molar refractivity (Wildman–Crippen MR) is 118 cm³/mol. The molecule has 4 rings (SSSR count). The number of rotatable bonds is 8. The molecule has 156 valence electrons. The van der Waals surface area contributed by atoms with Gasteiger partial charge in [0.1, 0.15) is 28.7 Å². The number of ether oxygens (including phenoxy) is 2. The zero-order valence-electron chi connectivity index (χ0n) is 17.4. The highest BCUT2D eigenvalue weighted by molar-refractivity contribution is 6.22. The number of ketones is 1. The van der Waals surface area contributed by atoms with E-state index in [1.54, 1.807) is 27.3 Å². The van der Waals surface area contributed by atoms with Gasteiger partial charge in [0, 0.05) is 36.9 Å². The molecule has 3 aromatic rings. The molecule has 0 unspecified atom stereocenters. The fourth-order valence-electron chi connectivity index (χ4n) is 3.58. The molecule has 0 bridgehead atoms. The van der Waals surface area contributed by atoms with E-state index in [-0.39, 0.29) is 11.7 Å². The lowest BCUT2D eigenvalue weighted by atomic mass is 9.79. The molecule has 2 aromatic carbocycles. The molecule has 0 saturated heterocycles. The van der Waals surface area contributed by atoms with Crippen LogP contribution in [0, 0.1) is 5.92 Å². The molecule has 30 heavy (non-hydrogen) atoms. The molecule has 0 spiro atoms. The third kappa shape index (κ3) is 3.83. The Balaban J connectivity index is 1.81. The zero-order chi connectivity index (χ0) is 21.1. The molecule has 1 fully saturated rings. The van der Waals surface area contributed by atoms with E-state index in [9.17, 15) is 4.79 Å². The molecular weight excluding hydrogens is 380 g/mol.